The molecule has 2 heterocycles. The Bertz CT molecular complexity index is 894. The van der Waals surface area contributed by atoms with Gasteiger partial charge in [-0.1, -0.05) is 0 Å². The van der Waals surface area contributed by atoms with Crippen molar-refractivity contribution in [3.8, 4) is 11.5 Å². The fourth-order valence-corrected chi connectivity index (χ4v) is 2.61. The number of fused-ring (bicyclic) bond motifs is 2. The molecule has 1 aliphatic rings. The van der Waals surface area contributed by atoms with E-state index in [-0.39, 0.29) is 29.1 Å². The SMILES string of the molecule is CCOC(=O)c1cn(CCNC)c2cc3c(cc2c1=O)OC(F)(F)O3. The quantitative estimate of drug-likeness (QED) is 0.824. The van der Waals surface area contributed by atoms with Gasteiger partial charge in [-0.3, -0.25) is 4.79 Å². The third-order valence-corrected chi connectivity index (χ3v) is 3.70. The van der Waals surface area contributed by atoms with Crippen LogP contribution in [0.5, 0.6) is 11.5 Å². The molecular weight excluding hydrogens is 338 g/mol. The largest absolute Gasteiger partial charge is 0.586 e. The predicted molar refractivity (Wildman–Crippen MR) is 84.3 cm³/mol. The number of halogens is 2. The van der Waals surface area contributed by atoms with Gasteiger partial charge in [-0.25, -0.2) is 4.79 Å². The molecule has 7 nitrogen and oxygen atoms in total. The number of ether oxygens (including phenoxy) is 3. The summed E-state index contributed by atoms with van der Waals surface area (Å²) in [5.41, 5.74) is -0.430. The summed E-state index contributed by atoms with van der Waals surface area (Å²) in [5.74, 6) is -1.19. The minimum absolute atomic E-state index is 0.0710. The highest BCUT2D eigenvalue weighted by molar-refractivity contribution is 5.94. The fourth-order valence-electron chi connectivity index (χ4n) is 2.61. The van der Waals surface area contributed by atoms with E-state index < -0.39 is 17.7 Å². The van der Waals surface area contributed by atoms with Crippen LogP contribution in [-0.4, -0.2) is 37.0 Å². The van der Waals surface area contributed by atoms with Crippen LogP contribution in [0.4, 0.5) is 8.78 Å². The second-order valence-electron chi connectivity index (χ2n) is 5.37. The van der Waals surface area contributed by atoms with Crippen molar-refractivity contribution in [3.05, 3.63) is 34.1 Å². The average molecular weight is 354 g/mol. The lowest BCUT2D eigenvalue weighted by atomic mass is 10.1. The van der Waals surface area contributed by atoms with Crippen molar-refractivity contribution in [2.75, 3.05) is 20.2 Å². The van der Waals surface area contributed by atoms with Gasteiger partial charge in [0, 0.05) is 25.4 Å². The summed E-state index contributed by atoms with van der Waals surface area (Å²) in [7, 11) is 1.74. The molecule has 0 aliphatic carbocycles. The van der Waals surface area contributed by atoms with Crippen molar-refractivity contribution in [3.63, 3.8) is 0 Å². The summed E-state index contributed by atoms with van der Waals surface area (Å²) in [6.07, 6.45) is -2.43. The average Bonchev–Trinajstić information content (AvgIpc) is 2.85. The molecule has 1 aliphatic heterocycles. The number of rotatable bonds is 5. The van der Waals surface area contributed by atoms with Crippen LogP contribution < -0.4 is 20.2 Å². The van der Waals surface area contributed by atoms with Gasteiger partial charge in [0.05, 0.1) is 17.5 Å². The van der Waals surface area contributed by atoms with Gasteiger partial charge in [-0.05, 0) is 20.0 Å². The number of aromatic nitrogens is 1. The van der Waals surface area contributed by atoms with Gasteiger partial charge < -0.3 is 24.1 Å². The lowest BCUT2D eigenvalue weighted by Gasteiger charge is -2.13. The van der Waals surface area contributed by atoms with E-state index >= 15 is 0 Å². The van der Waals surface area contributed by atoms with Crippen LogP contribution in [0.25, 0.3) is 10.9 Å². The molecule has 0 spiro atoms. The number of carbonyl (C=O) groups excluding carboxylic acids is 1. The normalized spacial score (nSPS) is 14.7. The number of hydrogen-bond acceptors (Lipinski definition) is 6. The molecule has 1 N–H and O–H groups in total. The first-order valence-electron chi connectivity index (χ1n) is 7.65. The third-order valence-electron chi connectivity index (χ3n) is 3.70. The molecule has 0 amide bonds. The highest BCUT2D eigenvalue weighted by Gasteiger charge is 2.43. The van der Waals surface area contributed by atoms with Crippen LogP contribution in [0.2, 0.25) is 0 Å². The smallest absolute Gasteiger partial charge is 0.462 e. The molecule has 3 rings (SSSR count). The Hall–Kier alpha value is -2.68. The molecule has 2 aromatic rings. The minimum Gasteiger partial charge on any atom is -0.462 e. The number of hydrogen-bond donors (Lipinski definition) is 1. The number of esters is 1. The van der Waals surface area contributed by atoms with Crippen LogP contribution in [0.15, 0.2) is 23.1 Å². The molecule has 0 saturated carbocycles. The maximum atomic E-state index is 13.3. The zero-order valence-corrected chi connectivity index (χ0v) is 13.6. The Morgan fingerprint density at radius 1 is 1.32 bits per heavy atom. The lowest BCUT2D eigenvalue weighted by molar-refractivity contribution is -0.286. The van der Waals surface area contributed by atoms with E-state index in [1.807, 2.05) is 0 Å². The maximum absolute atomic E-state index is 13.3. The second kappa shape index (κ2) is 6.32. The van der Waals surface area contributed by atoms with Crippen molar-refractivity contribution in [1.82, 2.24) is 9.88 Å². The number of nitrogens with zero attached hydrogens (tertiary/aromatic N) is 1. The van der Waals surface area contributed by atoms with Gasteiger partial charge >= 0.3 is 12.3 Å². The molecule has 0 saturated heterocycles. The Morgan fingerprint density at radius 3 is 2.64 bits per heavy atom. The van der Waals surface area contributed by atoms with Gasteiger partial charge in [0.15, 0.2) is 11.5 Å². The first kappa shape index (κ1) is 17.2. The Morgan fingerprint density at radius 2 is 2.00 bits per heavy atom. The number of carbonyl (C=O) groups is 1. The molecular formula is C16H16F2N2O5. The van der Waals surface area contributed by atoms with Crippen LogP contribution in [-0.2, 0) is 11.3 Å². The summed E-state index contributed by atoms with van der Waals surface area (Å²) < 4.78 is 41.9. The van der Waals surface area contributed by atoms with E-state index in [0.29, 0.717) is 18.6 Å². The highest BCUT2D eigenvalue weighted by atomic mass is 19.3. The first-order valence-corrected chi connectivity index (χ1v) is 7.65. The maximum Gasteiger partial charge on any atom is 0.586 e. The van der Waals surface area contributed by atoms with E-state index in [9.17, 15) is 18.4 Å². The minimum atomic E-state index is -3.79. The summed E-state index contributed by atoms with van der Waals surface area (Å²) in [6, 6.07) is 2.46. The number of pyridine rings is 1. The lowest BCUT2D eigenvalue weighted by Crippen LogP contribution is -2.25. The van der Waals surface area contributed by atoms with Crippen molar-refractivity contribution < 1.29 is 27.8 Å². The van der Waals surface area contributed by atoms with Crippen LogP contribution >= 0.6 is 0 Å². The van der Waals surface area contributed by atoms with Crippen LogP contribution in [0.3, 0.4) is 0 Å². The van der Waals surface area contributed by atoms with Crippen molar-refractivity contribution in [2.24, 2.45) is 0 Å². The van der Waals surface area contributed by atoms with Crippen LogP contribution in [0.1, 0.15) is 17.3 Å². The van der Waals surface area contributed by atoms with Gasteiger partial charge in [0.2, 0.25) is 5.43 Å². The third kappa shape index (κ3) is 3.14. The molecule has 9 heteroatoms. The Labute approximate surface area is 141 Å². The standard InChI is InChI=1S/C16H16F2N2O5/c1-3-23-15(22)10-8-20(5-4-19-2)11-7-13-12(6-9(11)14(10)21)24-16(17,18)25-13/h6-8,19H,3-5H2,1-2H3. The van der Waals surface area contributed by atoms with E-state index in [4.69, 9.17) is 4.74 Å². The Kier molecular flexibility index (Phi) is 4.34. The van der Waals surface area contributed by atoms with Gasteiger partial charge in [-0.15, -0.1) is 8.78 Å². The van der Waals surface area contributed by atoms with Gasteiger partial charge in [0.1, 0.15) is 5.56 Å². The van der Waals surface area contributed by atoms with E-state index in [2.05, 4.69) is 14.8 Å². The summed E-state index contributed by atoms with van der Waals surface area (Å²) >= 11 is 0. The molecule has 1 aromatic heterocycles. The summed E-state index contributed by atoms with van der Waals surface area (Å²) in [6.45, 7) is 2.67. The van der Waals surface area contributed by atoms with E-state index in [1.54, 1.807) is 18.5 Å². The van der Waals surface area contributed by atoms with Crippen molar-refractivity contribution >= 4 is 16.9 Å². The topological polar surface area (TPSA) is 78.8 Å². The molecule has 0 fully saturated rings. The Balaban J connectivity index is 2.22. The monoisotopic (exact) mass is 354 g/mol. The summed E-state index contributed by atoms with van der Waals surface area (Å²) in [5, 5.41) is 3.01. The number of alkyl halides is 2. The van der Waals surface area contributed by atoms with Crippen molar-refractivity contribution in [1.29, 1.82) is 0 Å². The molecule has 0 atom stereocenters. The molecule has 0 radical (unpaired) electrons. The van der Waals surface area contributed by atoms with Gasteiger partial charge in [-0.2, -0.15) is 0 Å². The van der Waals surface area contributed by atoms with E-state index in [0.717, 1.165) is 6.07 Å². The van der Waals surface area contributed by atoms with E-state index in [1.165, 1.54) is 12.3 Å². The molecule has 134 valence electrons. The fraction of sp³-hybridized carbons (Fsp3) is 0.375. The predicted octanol–water partition coefficient (Wildman–Crippen LogP) is 1.72. The van der Waals surface area contributed by atoms with Crippen molar-refractivity contribution in [2.45, 2.75) is 19.8 Å². The zero-order chi connectivity index (χ0) is 18.2. The van der Waals surface area contributed by atoms with Crippen LogP contribution in [0, 0.1) is 0 Å². The van der Waals surface area contributed by atoms with Gasteiger partial charge in [0.25, 0.3) is 0 Å². The first-order chi connectivity index (χ1) is 11.9. The molecule has 0 bridgehead atoms. The highest BCUT2D eigenvalue weighted by Crippen LogP contribution is 2.42. The number of nitrogens with one attached hydrogen (secondary N) is 1. The number of benzene rings is 1. The molecule has 25 heavy (non-hydrogen) atoms. The molecule has 1 aromatic carbocycles. The molecule has 0 unspecified atom stereocenters. The summed E-state index contributed by atoms with van der Waals surface area (Å²) in [4.78, 5) is 24.7. The zero-order valence-electron chi connectivity index (χ0n) is 13.6. The number of likely N-dealkylation sites (N-methyl/N-ethyl adjacent to an activating group) is 1. The second-order valence-corrected chi connectivity index (χ2v) is 5.37.